The van der Waals surface area contributed by atoms with Crippen LogP contribution in [0, 0.1) is 0 Å². The van der Waals surface area contributed by atoms with E-state index in [0.717, 1.165) is 42.6 Å². The first-order valence-electron chi connectivity index (χ1n) is 9.85. The molecule has 0 radical (unpaired) electrons. The zero-order valence-corrected chi connectivity index (χ0v) is 17.0. The molecular weight excluding hydrogens is 364 g/mol. The van der Waals surface area contributed by atoms with Gasteiger partial charge in [-0.25, -0.2) is 9.98 Å². The van der Waals surface area contributed by atoms with Crippen LogP contribution in [-0.2, 0) is 26.6 Å². The summed E-state index contributed by atoms with van der Waals surface area (Å²) in [4.78, 5) is 8.76. The monoisotopic (exact) mass is 392 g/mol. The maximum atomic E-state index is 5.84. The summed E-state index contributed by atoms with van der Waals surface area (Å²) in [5.41, 5.74) is 2.41. The van der Waals surface area contributed by atoms with Gasteiger partial charge in [-0.2, -0.15) is 5.10 Å². The van der Waals surface area contributed by atoms with E-state index >= 15 is 0 Å². The van der Waals surface area contributed by atoms with Crippen LogP contribution in [0.4, 0.5) is 0 Å². The average molecular weight is 393 g/mol. The van der Waals surface area contributed by atoms with Crippen molar-refractivity contribution in [2.24, 2.45) is 12.0 Å². The summed E-state index contributed by atoms with van der Waals surface area (Å²) in [5.74, 6) is 2.48. The maximum Gasteiger partial charge on any atom is 0.191 e. The topological polar surface area (TPSA) is 76.4 Å². The first-order chi connectivity index (χ1) is 14.2. The maximum absolute atomic E-state index is 5.84. The number of nitrogens with zero attached hydrogens (tertiary/aromatic N) is 4. The molecule has 0 saturated heterocycles. The van der Waals surface area contributed by atoms with Crippen LogP contribution in [0.1, 0.15) is 23.9 Å². The van der Waals surface area contributed by atoms with Crippen molar-refractivity contribution in [2.75, 3.05) is 13.1 Å². The van der Waals surface area contributed by atoms with E-state index in [1.54, 1.807) is 11.0 Å². The van der Waals surface area contributed by atoms with Crippen LogP contribution in [0.2, 0.25) is 0 Å². The van der Waals surface area contributed by atoms with Gasteiger partial charge in [-0.05, 0) is 36.6 Å². The van der Waals surface area contributed by atoms with Crippen LogP contribution < -0.4 is 15.4 Å². The molecule has 7 nitrogen and oxygen atoms in total. The lowest BCUT2D eigenvalue weighted by Gasteiger charge is -2.11. The van der Waals surface area contributed by atoms with E-state index < -0.39 is 0 Å². The van der Waals surface area contributed by atoms with E-state index in [0.29, 0.717) is 13.2 Å². The molecule has 3 aromatic rings. The number of rotatable bonds is 9. The largest absolute Gasteiger partial charge is 0.489 e. The van der Waals surface area contributed by atoms with Crippen LogP contribution in [0.5, 0.6) is 5.75 Å². The molecule has 0 aliphatic heterocycles. The minimum absolute atomic E-state index is 0.485. The van der Waals surface area contributed by atoms with E-state index in [1.165, 1.54) is 5.56 Å². The summed E-state index contributed by atoms with van der Waals surface area (Å²) in [7, 11) is 1.87. The average Bonchev–Trinajstić information content (AvgIpc) is 3.17. The standard InChI is InChI=1S/C22H28N6O/c1-3-23-22(25-15-21-26-17-27-28(21)2)24-14-13-18-9-11-20(12-10-18)29-16-19-7-5-4-6-8-19/h4-12,17H,3,13-16H2,1-2H3,(H2,23,24,25). The predicted octanol–water partition coefficient (Wildman–Crippen LogP) is 2.69. The molecule has 0 fully saturated rings. The molecule has 0 bridgehead atoms. The zero-order chi connectivity index (χ0) is 20.3. The van der Waals surface area contributed by atoms with Gasteiger partial charge in [-0.3, -0.25) is 4.68 Å². The molecule has 1 heterocycles. The molecule has 0 amide bonds. The lowest BCUT2D eigenvalue weighted by atomic mass is 10.1. The molecule has 1 aromatic heterocycles. The number of benzene rings is 2. The third kappa shape index (κ3) is 6.64. The molecule has 0 saturated carbocycles. The molecule has 2 N–H and O–H groups in total. The molecular formula is C22H28N6O. The number of hydrogen-bond acceptors (Lipinski definition) is 4. The number of ether oxygens (including phenoxy) is 1. The highest BCUT2D eigenvalue weighted by Gasteiger charge is 2.02. The van der Waals surface area contributed by atoms with Gasteiger partial charge in [-0.15, -0.1) is 0 Å². The van der Waals surface area contributed by atoms with Crippen LogP contribution >= 0.6 is 0 Å². The summed E-state index contributed by atoms with van der Waals surface area (Å²) < 4.78 is 7.57. The van der Waals surface area contributed by atoms with Crippen LogP contribution in [-0.4, -0.2) is 33.8 Å². The lowest BCUT2D eigenvalue weighted by molar-refractivity contribution is 0.306. The van der Waals surface area contributed by atoms with Gasteiger partial charge in [0.25, 0.3) is 0 Å². The van der Waals surface area contributed by atoms with E-state index in [9.17, 15) is 0 Å². The fraction of sp³-hybridized carbons (Fsp3) is 0.318. The first-order valence-corrected chi connectivity index (χ1v) is 9.85. The normalized spacial score (nSPS) is 11.3. The highest BCUT2D eigenvalue weighted by molar-refractivity contribution is 5.79. The van der Waals surface area contributed by atoms with Crippen molar-refractivity contribution in [3.05, 3.63) is 77.9 Å². The molecule has 0 atom stereocenters. The van der Waals surface area contributed by atoms with Gasteiger partial charge in [0.1, 0.15) is 31.1 Å². The van der Waals surface area contributed by atoms with Crippen molar-refractivity contribution in [3.8, 4) is 5.75 Å². The minimum atomic E-state index is 0.485. The SMILES string of the molecule is CCNC(=NCc1ncnn1C)NCCc1ccc(OCc2ccccc2)cc1. The van der Waals surface area contributed by atoms with Crippen LogP contribution in [0.25, 0.3) is 0 Å². The molecule has 0 aliphatic carbocycles. The number of hydrogen-bond donors (Lipinski definition) is 2. The Morgan fingerprint density at radius 3 is 2.52 bits per heavy atom. The zero-order valence-electron chi connectivity index (χ0n) is 17.0. The van der Waals surface area contributed by atoms with Crippen molar-refractivity contribution in [1.82, 2.24) is 25.4 Å². The number of aliphatic imine (C=N–C) groups is 1. The summed E-state index contributed by atoms with van der Waals surface area (Å²) in [5, 5.41) is 10.7. The van der Waals surface area contributed by atoms with Gasteiger partial charge >= 0.3 is 0 Å². The Bertz CT molecular complexity index is 889. The summed E-state index contributed by atoms with van der Waals surface area (Å²) in [6.07, 6.45) is 2.44. The van der Waals surface area contributed by atoms with Crippen LogP contribution in [0.3, 0.4) is 0 Å². The fourth-order valence-corrected chi connectivity index (χ4v) is 2.77. The van der Waals surface area contributed by atoms with Gasteiger partial charge in [0.15, 0.2) is 5.96 Å². The van der Waals surface area contributed by atoms with Gasteiger partial charge in [0.05, 0.1) is 0 Å². The number of nitrogens with one attached hydrogen (secondary N) is 2. The highest BCUT2D eigenvalue weighted by atomic mass is 16.5. The fourth-order valence-electron chi connectivity index (χ4n) is 2.77. The highest BCUT2D eigenvalue weighted by Crippen LogP contribution is 2.14. The van der Waals surface area contributed by atoms with Crippen LogP contribution in [0.15, 0.2) is 65.9 Å². The second kappa shape index (κ2) is 10.8. The van der Waals surface area contributed by atoms with Crippen molar-refractivity contribution in [1.29, 1.82) is 0 Å². The molecule has 152 valence electrons. The summed E-state index contributed by atoms with van der Waals surface area (Å²) >= 11 is 0. The van der Waals surface area contributed by atoms with Gasteiger partial charge in [0, 0.05) is 20.1 Å². The number of aryl methyl sites for hydroxylation is 1. The van der Waals surface area contributed by atoms with E-state index in [4.69, 9.17) is 4.74 Å². The van der Waals surface area contributed by atoms with E-state index in [-0.39, 0.29) is 0 Å². The van der Waals surface area contributed by atoms with Crippen molar-refractivity contribution in [3.63, 3.8) is 0 Å². The van der Waals surface area contributed by atoms with Crippen molar-refractivity contribution >= 4 is 5.96 Å². The number of guanidine groups is 1. The lowest BCUT2D eigenvalue weighted by Crippen LogP contribution is -2.38. The van der Waals surface area contributed by atoms with Crippen molar-refractivity contribution in [2.45, 2.75) is 26.5 Å². The molecule has 0 aliphatic rings. The molecule has 0 spiro atoms. The van der Waals surface area contributed by atoms with Gasteiger partial charge in [-0.1, -0.05) is 42.5 Å². The Labute approximate surface area is 171 Å². The second-order valence-electron chi connectivity index (χ2n) is 6.59. The number of aromatic nitrogens is 3. The van der Waals surface area contributed by atoms with E-state index in [1.807, 2.05) is 44.3 Å². The second-order valence-corrected chi connectivity index (χ2v) is 6.59. The Kier molecular flexibility index (Phi) is 7.63. The molecule has 3 rings (SSSR count). The molecule has 29 heavy (non-hydrogen) atoms. The van der Waals surface area contributed by atoms with Gasteiger partial charge < -0.3 is 15.4 Å². The Balaban J connectivity index is 1.45. The third-order valence-corrected chi connectivity index (χ3v) is 4.41. The third-order valence-electron chi connectivity index (χ3n) is 4.41. The van der Waals surface area contributed by atoms with E-state index in [2.05, 4.69) is 50.0 Å². The summed E-state index contributed by atoms with van der Waals surface area (Å²) in [6, 6.07) is 18.4. The quantitative estimate of drug-likeness (QED) is 0.433. The Morgan fingerprint density at radius 2 is 1.83 bits per heavy atom. The first kappa shape index (κ1) is 20.4. The molecule has 2 aromatic carbocycles. The molecule has 7 heteroatoms. The Morgan fingerprint density at radius 1 is 1.03 bits per heavy atom. The van der Waals surface area contributed by atoms with Crippen molar-refractivity contribution < 1.29 is 4.74 Å². The smallest absolute Gasteiger partial charge is 0.191 e. The van der Waals surface area contributed by atoms with Gasteiger partial charge in [0.2, 0.25) is 0 Å². The predicted molar refractivity (Wildman–Crippen MR) is 115 cm³/mol. The minimum Gasteiger partial charge on any atom is -0.489 e. The summed E-state index contributed by atoms with van der Waals surface area (Å²) in [6.45, 7) is 4.70. The molecule has 0 unspecified atom stereocenters. The Hall–Kier alpha value is -3.35.